The Balaban J connectivity index is 2.30. The number of benzene rings is 2. The van der Waals surface area contributed by atoms with E-state index in [1.54, 1.807) is 17.8 Å². The van der Waals surface area contributed by atoms with E-state index in [9.17, 15) is 4.39 Å². The minimum Gasteiger partial charge on any atom is -0.488 e. The summed E-state index contributed by atoms with van der Waals surface area (Å²) in [6, 6.07) is 10.8. The van der Waals surface area contributed by atoms with Gasteiger partial charge in [0.15, 0.2) is 11.6 Å². The molecule has 21 heavy (non-hydrogen) atoms. The van der Waals surface area contributed by atoms with E-state index >= 15 is 0 Å². The zero-order valence-corrected chi connectivity index (χ0v) is 13.1. The molecule has 3 N–H and O–H groups in total. The van der Waals surface area contributed by atoms with Crippen LogP contribution in [0.4, 0.5) is 21.5 Å². The standard InChI is InChI=1S/C16H19FN2OS/c1-10(2)20-16-9-15(14(18)8-13(16)17)19-11-5-4-6-12(7-11)21-3/h4-10,19H,18H2,1-3H3. The molecule has 3 nitrogen and oxygen atoms in total. The van der Waals surface area contributed by atoms with E-state index in [0.29, 0.717) is 11.4 Å². The van der Waals surface area contributed by atoms with Crippen LogP contribution in [0.1, 0.15) is 13.8 Å². The van der Waals surface area contributed by atoms with Crippen LogP contribution in [0.25, 0.3) is 0 Å². The molecule has 5 heteroatoms. The zero-order chi connectivity index (χ0) is 15.4. The summed E-state index contributed by atoms with van der Waals surface area (Å²) >= 11 is 1.66. The first-order valence-corrected chi connectivity index (χ1v) is 7.89. The van der Waals surface area contributed by atoms with E-state index in [1.165, 1.54) is 6.07 Å². The molecular weight excluding hydrogens is 287 g/mol. The van der Waals surface area contributed by atoms with Crippen molar-refractivity contribution >= 4 is 28.8 Å². The van der Waals surface area contributed by atoms with Gasteiger partial charge in [0, 0.05) is 22.7 Å². The van der Waals surface area contributed by atoms with Gasteiger partial charge in [0.1, 0.15) is 0 Å². The maximum atomic E-state index is 13.8. The van der Waals surface area contributed by atoms with Crippen LogP contribution in [0.3, 0.4) is 0 Å². The Morgan fingerprint density at radius 3 is 2.67 bits per heavy atom. The second-order valence-electron chi connectivity index (χ2n) is 4.89. The van der Waals surface area contributed by atoms with Gasteiger partial charge in [-0.3, -0.25) is 0 Å². The Bertz CT molecular complexity index is 632. The molecule has 0 atom stereocenters. The lowest BCUT2D eigenvalue weighted by Crippen LogP contribution is -2.08. The van der Waals surface area contributed by atoms with Crippen molar-refractivity contribution in [2.24, 2.45) is 0 Å². The van der Waals surface area contributed by atoms with Gasteiger partial charge < -0.3 is 15.8 Å². The third-order valence-corrected chi connectivity index (χ3v) is 3.54. The molecule has 0 radical (unpaired) electrons. The van der Waals surface area contributed by atoms with Crippen LogP contribution in [0.15, 0.2) is 41.3 Å². The van der Waals surface area contributed by atoms with Crippen molar-refractivity contribution in [1.29, 1.82) is 0 Å². The maximum absolute atomic E-state index is 13.8. The molecule has 0 heterocycles. The second kappa shape index (κ2) is 6.72. The molecular formula is C16H19FN2OS. The lowest BCUT2D eigenvalue weighted by Gasteiger charge is -2.15. The molecule has 112 valence electrons. The molecule has 0 spiro atoms. The highest BCUT2D eigenvalue weighted by atomic mass is 32.2. The minimum atomic E-state index is -0.454. The summed E-state index contributed by atoms with van der Waals surface area (Å²) in [5.41, 5.74) is 7.75. The molecule has 0 aliphatic carbocycles. The summed E-state index contributed by atoms with van der Waals surface area (Å²) in [7, 11) is 0. The van der Waals surface area contributed by atoms with Crippen molar-refractivity contribution in [2.45, 2.75) is 24.8 Å². The topological polar surface area (TPSA) is 47.3 Å². The SMILES string of the molecule is CSc1cccc(Nc2cc(OC(C)C)c(F)cc2N)c1. The molecule has 0 aliphatic rings. The predicted octanol–water partition coefficient (Wildman–Crippen LogP) is 4.66. The lowest BCUT2D eigenvalue weighted by molar-refractivity contribution is 0.231. The fraction of sp³-hybridized carbons (Fsp3) is 0.250. The Hall–Kier alpha value is -1.88. The van der Waals surface area contributed by atoms with Crippen LogP contribution < -0.4 is 15.8 Å². The van der Waals surface area contributed by atoms with Crippen molar-refractivity contribution < 1.29 is 9.13 Å². The number of ether oxygens (including phenoxy) is 1. The zero-order valence-electron chi connectivity index (χ0n) is 12.3. The number of hydrogen-bond acceptors (Lipinski definition) is 4. The number of rotatable bonds is 5. The summed E-state index contributed by atoms with van der Waals surface area (Å²) in [6.45, 7) is 3.70. The van der Waals surface area contributed by atoms with Crippen LogP contribution in [-0.2, 0) is 0 Å². The van der Waals surface area contributed by atoms with Gasteiger partial charge in [0.25, 0.3) is 0 Å². The molecule has 2 aromatic rings. The average molecular weight is 306 g/mol. The molecule has 2 aromatic carbocycles. The quantitative estimate of drug-likeness (QED) is 0.623. The number of nitrogens with two attached hydrogens (primary N) is 1. The molecule has 0 amide bonds. The average Bonchev–Trinajstić information content (AvgIpc) is 2.44. The first kappa shape index (κ1) is 15.5. The molecule has 0 saturated heterocycles. The van der Waals surface area contributed by atoms with Crippen LogP contribution in [-0.4, -0.2) is 12.4 Å². The largest absolute Gasteiger partial charge is 0.488 e. The Morgan fingerprint density at radius 2 is 2.00 bits per heavy atom. The fourth-order valence-electron chi connectivity index (χ4n) is 1.88. The summed E-state index contributed by atoms with van der Waals surface area (Å²) < 4.78 is 19.3. The number of nitrogens with one attached hydrogen (secondary N) is 1. The van der Waals surface area contributed by atoms with Crippen LogP contribution in [0, 0.1) is 5.82 Å². The van der Waals surface area contributed by atoms with Gasteiger partial charge >= 0.3 is 0 Å². The fourth-order valence-corrected chi connectivity index (χ4v) is 2.34. The number of nitrogen functional groups attached to an aromatic ring is 1. The van der Waals surface area contributed by atoms with Crippen molar-refractivity contribution in [3.8, 4) is 5.75 Å². The lowest BCUT2D eigenvalue weighted by atomic mass is 10.2. The van der Waals surface area contributed by atoms with Gasteiger partial charge in [-0.1, -0.05) is 6.07 Å². The van der Waals surface area contributed by atoms with Crippen molar-refractivity contribution in [3.05, 3.63) is 42.2 Å². The van der Waals surface area contributed by atoms with Gasteiger partial charge in [-0.15, -0.1) is 11.8 Å². The smallest absolute Gasteiger partial charge is 0.167 e. The molecule has 0 aliphatic heterocycles. The molecule has 0 bridgehead atoms. The van der Waals surface area contributed by atoms with E-state index in [1.807, 2.05) is 44.4 Å². The number of anilines is 3. The normalized spacial score (nSPS) is 10.7. The number of halogens is 1. The third-order valence-electron chi connectivity index (χ3n) is 2.82. The van der Waals surface area contributed by atoms with Crippen LogP contribution >= 0.6 is 11.8 Å². The van der Waals surface area contributed by atoms with Gasteiger partial charge in [0.2, 0.25) is 0 Å². The molecule has 0 aromatic heterocycles. The first-order chi connectivity index (χ1) is 9.99. The summed E-state index contributed by atoms with van der Waals surface area (Å²) in [5.74, 6) is -0.257. The van der Waals surface area contributed by atoms with Crippen molar-refractivity contribution in [1.82, 2.24) is 0 Å². The minimum absolute atomic E-state index is 0.101. The first-order valence-electron chi connectivity index (χ1n) is 6.66. The Kier molecular flexibility index (Phi) is 4.96. The Labute approximate surface area is 128 Å². The van der Waals surface area contributed by atoms with E-state index < -0.39 is 5.82 Å². The summed E-state index contributed by atoms with van der Waals surface area (Å²) in [5, 5.41) is 3.20. The van der Waals surface area contributed by atoms with E-state index in [-0.39, 0.29) is 11.9 Å². The monoisotopic (exact) mass is 306 g/mol. The number of hydrogen-bond donors (Lipinski definition) is 2. The van der Waals surface area contributed by atoms with E-state index in [2.05, 4.69) is 5.32 Å². The van der Waals surface area contributed by atoms with E-state index in [4.69, 9.17) is 10.5 Å². The molecule has 2 rings (SSSR count). The number of thioether (sulfide) groups is 1. The second-order valence-corrected chi connectivity index (χ2v) is 5.77. The predicted molar refractivity (Wildman–Crippen MR) is 88.1 cm³/mol. The summed E-state index contributed by atoms with van der Waals surface area (Å²) in [4.78, 5) is 1.14. The molecule has 0 fully saturated rings. The van der Waals surface area contributed by atoms with Gasteiger partial charge in [-0.25, -0.2) is 4.39 Å². The van der Waals surface area contributed by atoms with Crippen molar-refractivity contribution in [3.63, 3.8) is 0 Å². The van der Waals surface area contributed by atoms with Crippen LogP contribution in [0.2, 0.25) is 0 Å². The molecule has 0 saturated carbocycles. The highest BCUT2D eigenvalue weighted by Crippen LogP contribution is 2.31. The molecule has 0 unspecified atom stereocenters. The third kappa shape index (κ3) is 4.04. The Morgan fingerprint density at radius 1 is 1.24 bits per heavy atom. The van der Waals surface area contributed by atoms with Gasteiger partial charge in [0.05, 0.1) is 17.5 Å². The maximum Gasteiger partial charge on any atom is 0.167 e. The summed E-state index contributed by atoms with van der Waals surface area (Å²) in [6.07, 6.45) is 1.91. The van der Waals surface area contributed by atoms with Gasteiger partial charge in [-0.2, -0.15) is 0 Å². The highest BCUT2D eigenvalue weighted by molar-refractivity contribution is 7.98. The van der Waals surface area contributed by atoms with Crippen molar-refractivity contribution in [2.75, 3.05) is 17.3 Å². The van der Waals surface area contributed by atoms with Gasteiger partial charge in [-0.05, 0) is 38.3 Å². The van der Waals surface area contributed by atoms with E-state index in [0.717, 1.165) is 10.6 Å². The van der Waals surface area contributed by atoms with Crippen LogP contribution in [0.5, 0.6) is 5.75 Å². The highest BCUT2D eigenvalue weighted by Gasteiger charge is 2.11.